The first kappa shape index (κ1) is 42.2. The summed E-state index contributed by atoms with van der Waals surface area (Å²) in [7, 11) is 0. The van der Waals surface area contributed by atoms with Gasteiger partial charge in [0.15, 0.2) is 0 Å². The zero-order valence-corrected chi connectivity index (χ0v) is 33.9. The lowest BCUT2D eigenvalue weighted by atomic mass is 10.3. The Labute approximate surface area is 338 Å². The summed E-state index contributed by atoms with van der Waals surface area (Å²) < 4.78 is 25.0. The average Bonchev–Trinajstić information content (AvgIpc) is 3.15. The number of benzene rings is 4. The largest absolute Gasteiger partial charge is 0.491 e. The molecule has 1 aliphatic heterocycles. The lowest BCUT2D eigenvalue weighted by molar-refractivity contribution is -0.385. The molecule has 0 fully saturated rings. The molecule has 20 heteroatoms. The lowest BCUT2D eigenvalue weighted by Crippen LogP contribution is -2.04. The molecule has 0 N–H and O–H groups in total. The predicted molar refractivity (Wildman–Crippen MR) is 212 cm³/mol. The van der Waals surface area contributed by atoms with Crippen LogP contribution in [-0.2, 0) is 0 Å². The summed E-state index contributed by atoms with van der Waals surface area (Å²) >= 11 is 3.81. The Hall–Kier alpha value is -4.92. The summed E-state index contributed by atoms with van der Waals surface area (Å²) in [6, 6.07) is 10.4. The zero-order chi connectivity index (χ0) is 40.5. The van der Waals surface area contributed by atoms with E-state index in [1.165, 1.54) is 48.5 Å². The molecule has 0 saturated carbocycles. The van der Waals surface area contributed by atoms with E-state index in [1.807, 2.05) is 27.7 Å². The van der Waals surface area contributed by atoms with Crippen LogP contribution < -0.4 is 18.9 Å². The highest BCUT2D eigenvalue weighted by atomic mass is 32.2. The van der Waals surface area contributed by atoms with Crippen LogP contribution >= 0.6 is 47.0 Å². The third-order valence-electron chi connectivity index (χ3n) is 7.55. The van der Waals surface area contributed by atoms with Crippen LogP contribution in [0.25, 0.3) is 0 Å². The van der Waals surface area contributed by atoms with Gasteiger partial charge in [0.05, 0.1) is 85.3 Å². The first-order valence-electron chi connectivity index (χ1n) is 17.4. The first-order chi connectivity index (χ1) is 26.9. The van der Waals surface area contributed by atoms with Crippen molar-refractivity contribution in [2.24, 2.45) is 0 Å². The quantitative estimate of drug-likeness (QED) is 0.0667. The van der Waals surface area contributed by atoms with Gasteiger partial charge in [0.25, 0.3) is 22.7 Å². The van der Waals surface area contributed by atoms with E-state index in [4.69, 9.17) is 18.9 Å². The number of ether oxygens (including phenoxy) is 4. The molecule has 4 aromatic rings. The van der Waals surface area contributed by atoms with Crippen molar-refractivity contribution in [3.8, 4) is 23.0 Å². The molecule has 0 spiro atoms. The molecule has 0 radical (unpaired) electrons. The number of nitro groups is 4. The maximum Gasteiger partial charge on any atom is 0.271 e. The Morgan fingerprint density at radius 3 is 0.661 bits per heavy atom. The van der Waals surface area contributed by atoms with Crippen molar-refractivity contribution in [3.05, 3.63) is 89.0 Å². The van der Waals surface area contributed by atoms with Gasteiger partial charge in [-0.1, -0.05) is 74.7 Å². The first-order valence-corrected chi connectivity index (χ1v) is 20.7. The van der Waals surface area contributed by atoms with E-state index in [1.54, 1.807) is 0 Å². The summed E-state index contributed by atoms with van der Waals surface area (Å²) in [5.41, 5.74) is -1.31. The Bertz CT molecular complexity index is 1780. The average molecular weight is 845 g/mol. The van der Waals surface area contributed by atoms with Crippen LogP contribution in [0.3, 0.4) is 0 Å². The van der Waals surface area contributed by atoms with Crippen LogP contribution in [-0.4, -0.2) is 46.1 Å². The fourth-order valence-corrected chi connectivity index (χ4v) is 9.87. The lowest BCUT2D eigenvalue weighted by Gasteiger charge is -2.21. The van der Waals surface area contributed by atoms with E-state index in [-0.39, 0.29) is 111 Å². The molecular formula is C36H36N4O12S4. The molecule has 16 nitrogen and oxygen atoms in total. The van der Waals surface area contributed by atoms with E-state index in [0.29, 0.717) is 25.7 Å². The third-order valence-corrected chi connectivity index (χ3v) is 11.7. The Morgan fingerprint density at radius 2 is 0.536 bits per heavy atom. The van der Waals surface area contributed by atoms with Gasteiger partial charge in [0, 0.05) is 48.5 Å². The predicted octanol–water partition coefficient (Wildman–Crippen LogP) is 11.4. The summed E-state index contributed by atoms with van der Waals surface area (Å²) in [5.74, 6) is 0.833. The third kappa shape index (κ3) is 9.90. The molecule has 8 bridgehead atoms. The number of nitro benzene ring substituents is 4. The number of non-ortho nitro benzene ring substituents is 4. The van der Waals surface area contributed by atoms with Gasteiger partial charge in [-0.15, -0.1) is 0 Å². The Balaban J connectivity index is 1.97. The van der Waals surface area contributed by atoms with Crippen LogP contribution in [0.15, 0.2) is 87.7 Å². The van der Waals surface area contributed by atoms with Gasteiger partial charge in [0.2, 0.25) is 0 Å². The van der Waals surface area contributed by atoms with Gasteiger partial charge < -0.3 is 18.9 Å². The Kier molecular flexibility index (Phi) is 14.5. The fourth-order valence-electron chi connectivity index (χ4n) is 5.14. The van der Waals surface area contributed by atoms with Gasteiger partial charge in [0.1, 0.15) is 23.0 Å². The highest BCUT2D eigenvalue weighted by Gasteiger charge is 2.30. The molecule has 1 aliphatic rings. The second-order valence-electron chi connectivity index (χ2n) is 11.9. The standard InChI is InChI=1S/C36H36N4O12S4/c1-5-9-49-33-25-13-21(37(41)42)14-26(33)54-28-16-23(39(45)46)18-30(35(28)51-11-7-3)56-32-20-24(40(47)48)19-31(36(32)52-12-8-4)55-29-17-22(38(43)44)15-27(53-25)34(29)50-10-6-2/h13-20H,5-12H2,1-4H3. The number of hydrogen-bond donors (Lipinski definition) is 0. The minimum absolute atomic E-state index is 0.192. The van der Waals surface area contributed by atoms with Crippen LogP contribution in [0.5, 0.6) is 23.0 Å². The highest BCUT2D eigenvalue weighted by Crippen LogP contribution is 2.56. The van der Waals surface area contributed by atoms with Crippen molar-refractivity contribution in [1.29, 1.82) is 0 Å². The smallest absolute Gasteiger partial charge is 0.271 e. The van der Waals surface area contributed by atoms with Crippen LogP contribution in [0.4, 0.5) is 22.7 Å². The molecule has 1 heterocycles. The SMILES string of the molecule is CCCOc1c2cc([N+](=O)[O-])cc1Sc1cc([N+](=O)[O-])cc(c1OCCC)Sc1cc([N+](=O)[O-])cc(c1OCCC)Sc1cc([N+](=O)[O-])cc(c1OCCC)S2. The van der Waals surface area contributed by atoms with Crippen LogP contribution in [0.2, 0.25) is 0 Å². The van der Waals surface area contributed by atoms with E-state index in [2.05, 4.69) is 0 Å². The second kappa shape index (κ2) is 19.3. The number of hydrogen-bond acceptors (Lipinski definition) is 16. The second-order valence-corrected chi connectivity index (χ2v) is 16.3. The van der Waals surface area contributed by atoms with Crippen LogP contribution in [0, 0.1) is 40.5 Å². The van der Waals surface area contributed by atoms with E-state index < -0.39 is 19.7 Å². The van der Waals surface area contributed by atoms with Gasteiger partial charge in [-0.3, -0.25) is 40.5 Å². The van der Waals surface area contributed by atoms with Crippen molar-refractivity contribution in [1.82, 2.24) is 0 Å². The minimum Gasteiger partial charge on any atom is -0.491 e. The summed E-state index contributed by atoms with van der Waals surface area (Å²) in [6.45, 7) is 8.28. The molecule has 4 aromatic carbocycles. The van der Waals surface area contributed by atoms with Gasteiger partial charge >= 0.3 is 0 Å². The molecule has 56 heavy (non-hydrogen) atoms. The number of nitrogens with zero attached hydrogens (tertiary/aromatic N) is 4. The number of rotatable bonds is 16. The molecule has 0 aliphatic carbocycles. The van der Waals surface area contributed by atoms with E-state index >= 15 is 0 Å². The topological polar surface area (TPSA) is 209 Å². The summed E-state index contributed by atoms with van der Waals surface area (Å²) in [4.78, 5) is 49.1. The number of fused-ring (bicyclic) bond motifs is 8. The van der Waals surface area contributed by atoms with Crippen LogP contribution in [0.1, 0.15) is 53.4 Å². The summed E-state index contributed by atoms with van der Waals surface area (Å²) in [5, 5.41) is 49.7. The maximum absolute atomic E-state index is 12.4. The molecular weight excluding hydrogens is 809 g/mol. The van der Waals surface area contributed by atoms with Gasteiger partial charge in [-0.05, 0) is 25.7 Å². The van der Waals surface area contributed by atoms with Crippen molar-refractivity contribution >= 4 is 69.8 Å². The van der Waals surface area contributed by atoms with Gasteiger partial charge in [-0.2, -0.15) is 0 Å². The van der Waals surface area contributed by atoms with Crippen molar-refractivity contribution in [3.63, 3.8) is 0 Å². The molecule has 0 unspecified atom stereocenters. The minimum atomic E-state index is -0.584. The maximum atomic E-state index is 12.4. The van der Waals surface area contributed by atoms with E-state index in [9.17, 15) is 40.5 Å². The molecule has 0 saturated heterocycles. The summed E-state index contributed by atoms with van der Waals surface area (Å²) in [6.07, 6.45) is 2.23. The zero-order valence-electron chi connectivity index (χ0n) is 30.6. The monoisotopic (exact) mass is 844 g/mol. The molecule has 296 valence electrons. The molecule has 5 rings (SSSR count). The molecule has 0 atom stereocenters. The molecule has 0 aromatic heterocycles. The van der Waals surface area contributed by atoms with Crippen molar-refractivity contribution < 1.29 is 38.6 Å². The fraction of sp³-hybridized carbons (Fsp3) is 0.333. The Morgan fingerprint density at radius 1 is 0.375 bits per heavy atom. The van der Waals surface area contributed by atoms with Crippen molar-refractivity contribution in [2.75, 3.05) is 26.4 Å². The van der Waals surface area contributed by atoms with Gasteiger partial charge in [-0.25, -0.2) is 0 Å². The molecule has 0 amide bonds. The normalized spacial score (nSPS) is 12.1. The highest BCUT2D eigenvalue weighted by molar-refractivity contribution is 8.01. The van der Waals surface area contributed by atoms with Crippen molar-refractivity contribution in [2.45, 2.75) is 92.5 Å². The van der Waals surface area contributed by atoms with E-state index in [0.717, 1.165) is 47.0 Å².